The Labute approximate surface area is 94.5 Å². The van der Waals surface area contributed by atoms with Crippen LogP contribution in [0.5, 0.6) is 0 Å². The van der Waals surface area contributed by atoms with E-state index in [0.29, 0.717) is 0 Å². The van der Waals surface area contributed by atoms with Gasteiger partial charge in [0.05, 0.1) is 6.61 Å². The lowest BCUT2D eigenvalue weighted by Crippen LogP contribution is -2.25. The second kappa shape index (κ2) is 7.12. The fourth-order valence-electron chi connectivity index (χ4n) is 2.18. The van der Waals surface area contributed by atoms with Crippen LogP contribution in [0.25, 0.3) is 0 Å². The van der Waals surface area contributed by atoms with Crippen LogP contribution < -0.4 is 5.32 Å². The number of ether oxygens (including phenoxy) is 1. The van der Waals surface area contributed by atoms with Crippen molar-refractivity contribution in [3.63, 3.8) is 0 Å². The third kappa shape index (κ3) is 7.06. The van der Waals surface area contributed by atoms with E-state index in [-0.39, 0.29) is 13.2 Å². The molecule has 0 aromatic rings. The molecule has 0 aromatic heterocycles. The van der Waals surface area contributed by atoms with Crippen LogP contribution in [0.15, 0.2) is 0 Å². The molecule has 5 heteroatoms. The Bertz CT molecular complexity index is 179. The zero-order chi connectivity index (χ0) is 11.9. The molecule has 0 amide bonds. The molecule has 0 atom stereocenters. The zero-order valence-electron chi connectivity index (χ0n) is 9.48. The molecule has 0 saturated heterocycles. The van der Waals surface area contributed by atoms with Crippen molar-refractivity contribution in [1.82, 2.24) is 5.32 Å². The molecular formula is C11H20F3NO. The van der Waals surface area contributed by atoms with Gasteiger partial charge < -0.3 is 5.32 Å². The van der Waals surface area contributed by atoms with Crippen molar-refractivity contribution < 1.29 is 17.9 Å². The van der Waals surface area contributed by atoms with Crippen LogP contribution >= 0.6 is 0 Å². The largest absolute Gasteiger partial charge is 0.522 e. The molecule has 0 bridgehead atoms. The van der Waals surface area contributed by atoms with E-state index in [0.717, 1.165) is 18.9 Å². The third-order valence-corrected chi connectivity index (χ3v) is 2.99. The van der Waals surface area contributed by atoms with Crippen molar-refractivity contribution in [3.8, 4) is 0 Å². The van der Waals surface area contributed by atoms with Crippen molar-refractivity contribution in [2.45, 2.75) is 44.9 Å². The summed E-state index contributed by atoms with van der Waals surface area (Å²) in [5.74, 6) is 0.855. The van der Waals surface area contributed by atoms with Crippen LogP contribution in [0.2, 0.25) is 0 Å². The molecular weight excluding hydrogens is 219 g/mol. The molecule has 0 radical (unpaired) electrons. The van der Waals surface area contributed by atoms with Crippen LogP contribution in [0, 0.1) is 5.92 Å². The molecule has 1 aliphatic rings. The summed E-state index contributed by atoms with van der Waals surface area (Å²) in [6.07, 6.45) is 3.11. The summed E-state index contributed by atoms with van der Waals surface area (Å²) in [4.78, 5) is 0. The maximum atomic E-state index is 11.6. The normalized spacial score (nSPS) is 18.2. The van der Waals surface area contributed by atoms with Gasteiger partial charge in [0.2, 0.25) is 0 Å². The summed E-state index contributed by atoms with van der Waals surface area (Å²) in [6, 6.07) is 0. The highest BCUT2D eigenvalue weighted by Gasteiger charge is 2.28. The second-order valence-corrected chi connectivity index (χ2v) is 4.34. The Morgan fingerprint density at radius 1 is 1.12 bits per heavy atom. The quantitative estimate of drug-likeness (QED) is 0.689. The van der Waals surface area contributed by atoms with Gasteiger partial charge in [-0.25, -0.2) is 0 Å². The van der Waals surface area contributed by atoms with Crippen molar-refractivity contribution in [2.75, 3.05) is 19.7 Å². The lowest BCUT2D eigenvalue weighted by molar-refractivity contribution is -0.323. The minimum absolute atomic E-state index is 0.268. The summed E-state index contributed by atoms with van der Waals surface area (Å²) < 4.78 is 38.4. The Hall–Kier alpha value is -0.290. The molecule has 0 heterocycles. The van der Waals surface area contributed by atoms with E-state index in [1.807, 2.05) is 0 Å². The monoisotopic (exact) mass is 239 g/mol. The van der Waals surface area contributed by atoms with Gasteiger partial charge in [0.15, 0.2) is 0 Å². The van der Waals surface area contributed by atoms with E-state index in [4.69, 9.17) is 0 Å². The van der Waals surface area contributed by atoms with E-state index < -0.39 is 6.36 Å². The highest BCUT2D eigenvalue weighted by atomic mass is 19.4. The number of hydrogen-bond acceptors (Lipinski definition) is 2. The van der Waals surface area contributed by atoms with Gasteiger partial charge in [-0.1, -0.05) is 25.7 Å². The Morgan fingerprint density at radius 2 is 1.81 bits per heavy atom. The Kier molecular flexibility index (Phi) is 6.13. The topological polar surface area (TPSA) is 21.3 Å². The van der Waals surface area contributed by atoms with E-state index in [9.17, 15) is 13.2 Å². The predicted molar refractivity (Wildman–Crippen MR) is 56.1 cm³/mol. The van der Waals surface area contributed by atoms with Gasteiger partial charge in [0.25, 0.3) is 0 Å². The average molecular weight is 239 g/mol. The lowest BCUT2D eigenvalue weighted by atomic mass is 10.0. The molecule has 1 N–H and O–H groups in total. The fraction of sp³-hybridized carbons (Fsp3) is 1.00. The predicted octanol–water partition coefficient (Wildman–Crippen LogP) is 3.08. The number of halogens is 3. The number of nitrogens with one attached hydrogen (secondary N) is 1. The first-order chi connectivity index (χ1) is 7.58. The first-order valence-electron chi connectivity index (χ1n) is 5.99. The van der Waals surface area contributed by atoms with E-state index in [1.165, 1.54) is 32.1 Å². The highest BCUT2D eigenvalue weighted by molar-refractivity contribution is 4.67. The number of hydrogen-bond donors (Lipinski definition) is 1. The fourth-order valence-corrected chi connectivity index (χ4v) is 2.18. The van der Waals surface area contributed by atoms with Crippen molar-refractivity contribution in [1.29, 1.82) is 0 Å². The minimum atomic E-state index is -4.49. The average Bonchev–Trinajstić information content (AvgIpc) is 2.67. The van der Waals surface area contributed by atoms with Gasteiger partial charge in [-0.2, -0.15) is 0 Å². The van der Waals surface area contributed by atoms with E-state index in [2.05, 4.69) is 10.1 Å². The van der Waals surface area contributed by atoms with Gasteiger partial charge in [0.1, 0.15) is 0 Å². The second-order valence-electron chi connectivity index (χ2n) is 4.34. The van der Waals surface area contributed by atoms with E-state index >= 15 is 0 Å². The molecule has 0 aliphatic heterocycles. The summed E-state index contributed by atoms with van der Waals surface area (Å²) in [5, 5.41) is 2.96. The standard InChI is InChI=1S/C11H20F3NO/c12-11(13,14)16-9-8-15-7-3-6-10-4-1-2-5-10/h10,15H,1-9H2. The number of rotatable bonds is 7. The molecule has 96 valence electrons. The SMILES string of the molecule is FC(F)(F)OCCNCCCC1CCCC1. The van der Waals surface area contributed by atoms with Crippen LogP contribution in [0.3, 0.4) is 0 Å². The van der Waals surface area contributed by atoms with Crippen LogP contribution in [0.4, 0.5) is 13.2 Å². The smallest absolute Gasteiger partial charge is 0.314 e. The number of alkyl halides is 3. The summed E-state index contributed by atoms with van der Waals surface area (Å²) in [5.41, 5.74) is 0. The minimum Gasteiger partial charge on any atom is -0.314 e. The van der Waals surface area contributed by atoms with Gasteiger partial charge >= 0.3 is 6.36 Å². The first-order valence-corrected chi connectivity index (χ1v) is 5.99. The van der Waals surface area contributed by atoms with Crippen LogP contribution in [-0.2, 0) is 4.74 Å². The first kappa shape index (κ1) is 13.8. The molecule has 1 fully saturated rings. The lowest BCUT2D eigenvalue weighted by Gasteiger charge is -2.10. The van der Waals surface area contributed by atoms with Crippen molar-refractivity contribution >= 4 is 0 Å². The van der Waals surface area contributed by atoms with Gasteiger partial charge in [-0.05, 0) is 25.3 Å². The van der Waals surface area contributed by atoms with Gasteiger partial charge in [-0.15, -0.1) is 13.2 Å². The zero-order valence-corrected chi connectivity index (χ0v) is 9.48. The van der Waals surface area contributed by atoms with Gasteiger partial charge in [-0.3, -0.25) is 4.74 Å². The molecule has 0 spiro atoms. The van der Waals surface area contributed by atoms with Crippen LogP contribution in [-0.4, -0.2) is 26.1 Å². The molecule has 0 aromatic carbocycles. The van der Waals surface area contributed by atoms with E-state index in [1.54, 1.807) is 0 Å². The third-order valence-electron chi connectivity index (χ3n) is 2.99. The molecule has 1 saturated carbocycles. The molecule has 1 aliphatic carbocycles. The van der Waals surface area contributed by atoms with Crippen molar-refractivity contribution in [3.05, 3.63) is 0 Å². The Balaban J connectivity index is 1.81. The highest BCUT2D eigenvalue weighted by Crippen LogP contribution is 2.28. The van der Waals surface area contributed by atoms with Crippen molar-refractivity contribution in [2.24, 2.45) is 5.92 Å². The maximum absolute atomic E-state index is 11.6. The summed E-state index contributed by atoms with van der Waals surface area (Å²) in [7, 11) is 0. The van der Waals surface area contributed by atoms with Gasteiger partial charge in [0, 0.05) is 6.54 Å². The molecule has 1 rings (SSSR count). The summed E-state index contributed by atoms with van der Waals surface area (Å²) >= 11 is 0. The Morgan fingerprint density at radius 3 is 2.44 bits per heavy atom. The maximum Gasteiger partial charge on any atom is 0.522 e. The van der Waals surface area contributed by atoms with Crippen LogP contribution in [0.1, 0.15) is 38.5 Å². The molecule has 2 nitrogen and oxygen atoms in total. The summed E-state index contributed by atoms with van der Waals surface area (Å²) in [6.45, 7) is 0.759. The molecule has 0 unspecified atom stereocenters. The molecule has 16 heavy (non-hydrogen) atoms.